The van der Waals surface area contributed by atoms with Gasteiger partial charge in [-0.15, -0.1) is 0 Å². The Kier molecular flexibility index (Phi) is 4.74. The van der Waals surface area contributed by atoms with E-state index < -0.39 is 0 Å². The van der Waals surface area contributed by atoms with Crippen LogP contribution in [0.25, 0.3) is 0 Å². The van der Waals surface area contributed by atoms with Crippen molar-refractivity contribution in [1.29, 1.82) is 5.26 Å². The predicted octanol–water partition coefficient (Wildman–Crippen LogP) is 3.05. The molecule has 0 saturated carbocycles. The zero-order valence-electron chi connectivity index (χ0n) is 11.1. The van der Waals surface area contributed by atoms with Crippen LogP contribution in [0.2, 0.25) is 0 Å². The van der Waals surface area contributed by atoms with Gasteiger partial charge in [0.1, 0.15) is 0 Å². The van der Waals surface area contributed by atoms with Gasteiger partial charge in [0.2, 0.25) is 5.96 Å². The van der Waals surface area contributed by atoms with E-state index in [1.54, 1.807) is 0 Å². The number of aliphatic imine (C=N–C) groups is 1. The van der Waals surface area contributed by atoms with Crippen LogP contribution in [0.4, 0.5) is 11.4 Å². The fourth-order valence-corrected chi connectivity index (χ4v) is 1.84. The highest BCUT2D eigenvalue weighted by Gasteiger charge is 2.10. The lowest BCUT2D eigenvalue weighted by Gasteiger charge is -2.22. The number of nitrogens with two attached hydrogens (primary N) is 1. The Labute approximate surface area is 118 Å². The van der Waals surface area contributed by atoms with E-state index >= 15 is 0 Å². The van der Waals surface area contributed by atoms with Crippen molar-refractivity contribution in [2.24, 2.45) is 10.7 Å². The van der Waals surface area contributed by atoms with Gasteiger partial charge in [-0.3, -0.25) is 0 Å². The number of nitrogens with zero attached hydrogens (tertiary/aromatic N) is 3. The van der Waals surface area contributed by atoms with E-state index in [0.717, 1.165) is 11.4 Å². The molecule has 2 aromatic carbocycles. The van der Waals surface area contributed by atoms with Crippen molar-refractivity contribution in [3.05, 3.63) is 60.7 Å². The molecule has 100 valence electrons. The van der Waals surface area contributed by atoms with Crippen LogP contribution in [0, 0.1) is 11.3 Å². The number of rotatable bonds is 4. The lowest BCUT2D eigenvalue weighted by atomic mass is 10.3. The maximum Gasteiger partial charge on any atom is 0.201 e. The molecule has 0 aliphatic carbocycles. The van der Waals surface area contributed by atoms with Crippen molar-refractivity contribution in [2.45, 2.75) is 6.42 Å². The molecule has 4 nitrogen and oxygen atoms in total. The van der Waals surface area contributed by atoms with Gasteiger partial charge >= 0.3 is 0 Å². The summed E-state index contributed by atoms with van der Waals surface area (Å²) < 4.78 is 0. The van der Waals surface area contributed by atoms with E-state index in [-0.39, 0.29) is 0 Å². The van der Waals surface area contributed by atoms with E-state index in [0.29, 0.717) is 18.9 Å². The van der Waals surface area contributed by atoms with E-state index in [1.165, 1.54) is 0 Å². The van der Waals surface area contributed by atoms with Crippen molar-refractivity contribution in [1.82, 2.24) is 0 Å². The molecule has 0 unspecified atom stereocenters. The van der Waals surface area contributed by atoms with Gasteiger partial charge < -0.3 is 10.6 Å². The molecule has 0 heterocycles. The minimum Gasteiger partial charge on any atom is -0.369 e. The lowest BCUT2D eigenvalue weighted by molar-refractivity contribution is 0.962. The summed E-state index contributed by atoms with van der Waals surface area (Å²) in [7, 11) is 0. The smallest absolute Gasteiger partial charge is 0.201 e. The number of guanidine groups is 1. The van der Waals surface area contributed by atoms with Crippen LogP contribution < -0.4 is 10.6 Å². The summed E-state index contributed by atoms with van der Waals surface area (Å²) in [5, 5.41) is 8.78. The number of para-hydroxylation sites is 2. The van der Waals surface area contributed by atoms with Crippen LogP contribution in [0.1, 0.15) is 6.42 Å². The second-order valence-electron chi connectivity index (χ2n) is 4.20. The fraction of sp³-hybridized carbons (Fsp3) is 0.125. The second kappa shape index (κ2) is 6.95. The largest absolute Gasteiger partial charge is 0.369 e. The number of nitriles is 1. The van der Waals surface area contributed by atoms with Crippen molar-refractivity contribution in [3.63, 3.8) is 0 Å². The quantitative estimate of drug-likeness (QED) is 0.681. The summed E-state index contributed by atoms with van der Waals surface area (Å²) in [4.78, 5) is 6.24. The lowest BCUT2D eigenvalue weighted by Crippen LogP contribution is -2.37. The first kappa shape index (κ1) is 13.6. The van der Waals surface area contributed by atoms with E-state index in [9.17, 15) is 0 Å². The highest BCUT2D eigenvalue weighted by Crippen LogP contribution is 2.16. The third kappa shape index (κ3) is 3.59. The Morgan fingerprint density at radius 1 is 1.05 bits per heavy atom. The molecule has 2 aromatic rings. The molecule has 0 aliphatic heterocycles. The second-order valence-corrected chi connectivity index (χ2v) is 4.20. The monoisotopic (exact) mass is 264 g/mol. The molecule has 2 N–H and O–H groups in total. The van der Waals surface area contributed by atoms with Gasteiger partial charge in [-0.25, -0.2) is 4.99 Å². The average molecular weight is 264 g/mol. The molecule has 0 amide bonds. The molecule has 0 saturated heterocycles. The van der Waals surface area contributed by atoms with Crippen LogP contribution in [0.15, 0.2) is 65.7 Å². The zero-order valence-corrected chi connectivity index (χ0v) is 11.1. The maximum absolute atomic E-state index is 8.78. The van der Waals surface area contributed by atoms with E-state index in [2.05, 4.69) is 11.1 Å². The standard InChI is InChI=1S/C16H16N4/c17-12-7-13-20(15-10-5-2-6-11-15)16(18)19-14-8-3-1-4-9-14/h1-6,8-11H,7,13H2,(H2,18,19). The molecular formula is C16H16N4. The summed E-state index contributed by atoms with van der Waals surface area (Å²) in [6.45, 7) is 0.517. The highest BCUT2D eigenvalue weighted by atomic mass is 15.3. The molecule has 0 aliphatic rings. The minimum absolute atomic E-state index is 0.387. The summed E-state index contributed by atoms with van der Waals surface area (Å²) in [5.74, 6) is 0.387. The number of anilines is 1. The van der Waals surface area contributed by atoms with Gasteiger partial charge in [0, 0.05) is 12.2 Å². The summed E-state index contributed by atoms with van der Waals surface area (Å²) in [6, 6.07) is 21.4. The summed E-state index contributed by atoms with van der Waals surface area (Å²) >= 11 is 0. The molecule has 0 aromatic heterocycles. The minimum atomic E-state index is 0.387. The Hall–Kier alpha value is -2.80. The molecule has 0 fully saturated rings. The van der Waals surface area contributed by atoms with Crippen LogP contribution >= 0.6 is 0 Å². The first-order valence-electron chi connectivity index (χ1n) is 6.40. The van der Waals surface area contributed by atoms with Crippen LogP contribution in [0.3, 0.4) is 0 Å². The molecule has 0 radical (unpaired) electrons. The average Bonchev–Trinajstić information content (AvgIpc) is 2.50. The van der Waals surface area contributed by atoms with E-state index in [1.807, 2.05) is 65.6 Å². The maximum atomic E-state index is 8.78. The van der Waals surface area contributed by atoms with Gasteiger partial charge in [0.25, 0.3) is 0 Å². The Balaban J connectivity index is 2.27. The van der Waals surface area contributed by atoms with Gasteiger partial charge in [-0.05, 0) is 24.3 Å². The van der Waals surface area contributed by atoms with Gasteiger partial charge in [0.05, 0.1) is 18.2 Å². The Bertz CT molecular complexity index is 599. The third-order valence-electron chi connectivity index (χ3n) is 2.79. The zero-order chi connectivity index (χ0) is 14.2. The molecule has 0 atom stereocenters. The topological polar surface area (TPSA) is 65.4 Å². The van der Waals surface area contributed by atoms with Crippen molar-refractivity contribution in [2.75, 3.05) is 11.4 Å². The summed E-state index contributed by atoms with van der Waals surface area (Å²) in [5.41, 5.74) is 7.81. The molecular weight excluding hydrogens is 248 g/mol. The normalized spacial score (nSPS) is 10.8. The number of benzene rings is 2. The fourth-order valence-electron chi connectivity index (χ4n) is 1.84. The third-order valence-corrected chi connectivity index (χ3v) is 2.79. The molecule has 4 heteroatoms. The number of hydrogen-bond acceptors (Lipinski definition) is 2. The van der Waals surface area contributed by atoms with Gasteiger partial charge in [0.15, 0.2) is 0 Å². The van der Waals surface area contributed by atoms with Gasteiger partial charge in [-0.1, -0.05) is 36.4 Å². The molecule has 2 rings (SSSR count). The summed E-state index contributed by atoms with van der Waals surface area (Å²) in [6.07, 6.45) is 0.389. The Morgan fingerprint density at radius 3 is 2.25 bits per heavy atom. The number of hydrogen-bond donors (Lipinski definition) is 1. The first-order chi connectivity index (χ1) is 9.81. The van der Waals surface area contributed by atoms with Crippen LogP contribution in [-0.4, -0.2) is 12.5 Å². The van der Waals surface area contributed by atoms with Crippen molar-refractivity contribution in [3.8, 4) is 6.07 Å². The van der Waals surface area contributed by atoms with Crippen molar-refractivity contribution >= 4 is 17.3 Å². The van der Waals surface area contributed by atoms with Crippen LogP contribution in [0.5, 0.6) is 0 Å². The van der Waals surface area contributed by atoms with Crippen LogP contribution in [-0.2, 0) is 0 Å². The predicted molar refractivity (Wildman–Crippen MR) is 81.7 cm³/mol. The Morgan fingerprint density at radius 2 is 1.65 bits per heavy atom. The van der Waals surface area contributed by atoms with Crippen molar-refractivity contribution < 1.29 is 0 Å². The molecule has 20 heavy (non-hydrogen) atoms. The molecule has 0 bridgehead atoms. The van der Waals surface area contributed by atoms with E-state index in [4.69, 9.17) is 11.0 Å². The molecule has 0 spiro atoms. The van der Waals surface area contributed by atoms with Gasteiger partial charge in [-0.2, -0.15) is 5.26 Å². The highest BCUT2D eigenvalue weighted by molar-refractivity contribution is 5.96. The SMILES string of the molecule is N#CCCN(C(N)=Nc1ccccc1)c1ccccc1. The first-order valence-corrected chi connectivity index (χ1v) is 6.40.